The summed E-state index contributed by atoms with van der Waals surface area (Å²) in [5.41, 5.74) is 2.31. The fraction of sp³-hybridized carbons (Fsp3) is 0.211. The van der Waals surface area contributed by atoms with E-state index in [-0.39, 0.29) is 10.8 Å². The van der Waals surface area contributed by atoms with Crippen LogP contribution >= 0.6 is 17.0 Å². The zero-order valence-electron chi connectivity index (χ0n) is 25.5. The number of benzene rings is 4. The van der Waals surface area contributed by atoms with Gasteiger partial charge in [0.1, 0.15) is 0 Å². The van der Waals surface area contributed by atoms with Gasteiger partial charge in [0.25, 0.3) is 0 Å². The van der Waals surface area contributed by atoms with E-state index in [1.807, 2.05) is 42.5 Å². The number of hydrogen-bond acceptors (Lipinski definition) is 0. The molecule has 6 rings (SSSR count). The zero-order valence-corrected chi connectivity index (χ0v) is 30.4. The SMILES string of the molecule is CC(C)(C)c1ccc2[cH-]c3ccc(C(C)(C)C)cc3c2c1.[Cl][Zr]([Cl])=[Si](c1ccccc1)c1ccccc1.c1cc[cH-]c1. The molecule has 0 bridgehead atoms. The molecule has 42 heavy (non-hydrogen) atoms. The second kappa shape index (κ2) is 14.5. The van der Waals surface area contributed by atoms with Crippen LogP contribution in [0.5, 0.6) is 0 Å². The quantitative estimate of drug-likeness (QED) is 0.126. The third-order valence-electron chi connectivity index (χ3n) is 7.31. The average molecular weight is 687 g/mol. The molecule has 0 aliphatic carbocycles. The summed E-state index contributed by atoms with van der Waals surface area (Å²) < 4.78 is 0. The third kappa shape index (κ3) is 8.67. The zero-order chi connectivity index (χ0) is 30.3. The van der Waals surface area contributed by atoms with Gasteiger partial charge < -0.3 is 0 Å². The van der Waals surface area contributed by atoms with E-state index < -0.39 is 23.4 Å². The van der Waals surface area contributed by atoms with E-state index in [2.05, 4.69) is 133 Å². The largest absolute Gasteiger partial charge is 0.214 e. The Morgan fingerprint density at radius 2 is 0.952 bits per heavy atom. The molecule has 0 heterocycles. The molecule has 0 amide bonds. The molecule has 0 nitrogen and oxygen atoms in total. The summed E-state index contributed by atoms with van der Waals surface area (Å²) in [6, 6.07) is 47.0. The van der Waals surface area contributed by atoms with Crippen molar-refractivity contribution in [3.05, 3.63) is 145 Å². The summed E-state index contributed by atoms with van der Waals surface area (Å²) in [4.78, 5) is 0. The van der Waals surface area contributed by atoms with Crippen LogP contribution in [0.4, 0.5) is 0 Å². The first kappa shape index (κ1) is 32.7. The van der Waals surface area contributed by atoms with Crippen molar-refractivity contribution >= 4 is 54.4 Å². The first-order valence-corrected chi connectivity index (χ1v) is 25.9. The molecule has 0 fully saturated rings. The standard InChI is InChI=1S/C21H25.C12H10Si.C5H5.2ClH.Zr/c1-20(2,3)16-9-7-14-11-15-8-10-17(21(4,5)6)13-19(15)18(14)12-16;1-3-7-11(8-4-1)13-12-9-5-2-6-10-12;1-2-4-5-3-1;;;/h7-13H,1-6H3;1-10H;1-5H;2*1H;/q-1;;-1;;;+2/p-2. The molecule has 0 spiro atoms. The van der Waals surface area contributed by atoms with Crippen molar-refractivity contribution in [1.29, 1.82) is 0 Å². The molecular formula is C38H40Cl2SiZr-2. The van der Waals surface area contributed by atoms with Gasteiger partial charge in [-0.25, -0.2) is 12.1 Å². The number of fused-ring (bicyclic) bond motifs is 3. The van der Waals surface area contributed by atoms with Gasteiger partial charge in [0.05, 0.1) is 0 Å². The minimum absolute atomic E-state index is 0.194. The fourth-order valence-electron chi connectivity index (χ4n) is 4.85. The van der Waals surface area contributed by atoms with Crippen LogP contribution in [-0.2, 0) is 28.8 Å². The van der Waals surface area contributed by atoms with E-state index >= 15 is 0 Å². The van der Waals surface area contributed by atoms with Crippen LogP contribution in [0.3, 0.4) is 0 Å². The van der Waals surface area contributed by atoms with E-state index in [1.54, 1.807) is 0 Å². The molecule has 0 aliphatic rings. The van der Waals surface area contributed by atoms with E-state index in [1.165, 1.54) is 43.0 Å². The molecule has 0 aromatic heterocycles. The van der Waals surface area contributed by atoms with Crippen LogP contribution in [-0.4, -0.2) is 5.43 Å². The fourth-order valence-corrected chi connectivity index (χ4v) is 20.1. The molecule has 0 atom stereocenters. The summed E-state index contributed by atoms with van der Waals surface area (Å²) in [5, 5.41) is 8.15. The van der Waals surface area contributed by atoms with Crippen LogP contribution in [0.15, 0.2) is 133 Å². The predicted molar refractivity (Wildman–Crippen MR) is 186 cm³/mol. The van der Waals surface area contributed by atoms with Gasteiger partial charge >= 0.3 is 111 Å². The Labute approximate surface area is 267 Å². The Kier molecular flexibility index (Phi) is 11.3. The summed E-state index contributed by atoms with van der Waals surface area (Å²) in [5.74, 6) is 0. The van der Waals surface area contributed by atoms with Crippen molar-refractivity contribution in [2.24, 2.45) is 0 Å². The molecule has 6 aromatic carbocycles. The Bertz CT molecular complexity index is 1600. The summed E-state index contributed by atoms with van der Waals surface area (Å²) in [6.07, 6.45) is 0. The second-order valence-electron chi connectivity index (χ2n) is 12.6. The van der Waals surface area contributed by atoms with Gasteiger partial charge in [0, 0.05) is 0 Å². The number of halogens is 2. The van der Waals surface area contributed by atoms with Crippen molar-refractivity contribution < 1.29 is 18.0 Å². The second-order valence-corrected chi connectivity index (χ2v) is 31.8. The normalized spacial score (nSPS) is 11.3. The molecule has 4 heteroatoms. The van der Waals surface area contributed by atoms with Gasteiger partial charge in [-0.3, -0.25) is 0 Å². The van der Waals surface area contributed by atoms with Crippen LogP contribution < -0.4 is 10.4 Å². The van der Waals surface area contributed by atoms with Gasteiger partial charge in [-0.2, -0.15) is 18.2 Å². The van der Waals surface area contributed by atoms with Crippen LogP contribution in [0.2, 0.25) is 0 Å². The Hall–Kier alpha value is -2.22. The van der Waals surface area contributed by atoms with Gasteiger partial charge in [-0.05, 0) is 10.8 Å². The van der Waals surface area contributed by atoms with Gasteiger partial charge in [0.2, 0.25) is 0 Å². The van der Waals surface area contributed by atoms with E-state index in [4.69, 9.17) is 17.0 Å². The monoisotopic (exact) mass is 684 g/mol. The van der Waals surface area contributed by atoms with Gasteiger partial charge in [-0.1, -0.05) is 76.9 Å². The Balaban J connectivity index is 0.000000170. The minimum atomic E-state index is -2.26. The third-order valence-corrected chi connectivity index (χ3v) is 23.3. The van der Waals surface area contributed by atoms with Gasteiger partial charge in [-0.15, -0.1) is 39.7 Å². The predicted octanol–water partition coefficient (Wildman–Crippen LogP) is 10.4. The number of rotatable bonds is 2. The van der Waals surface area contributed by atoms with E-state index in [0.717, 1.165) is 0 Å². The molecule has 0 radical (unpaired) electrons. The molecular weight excluding hydrogens is 647 g/mol. The first-order valence-electron chi connectivity index (χ1n) is 14.4. The molecule has 6 aromatic rings. The Morgan fingerprint density at radius 1 is 0.548 bits per heavy atom. The smallest absolute Gasteiger partial charge is 0.172 e. The topological polar surface area (TPSA) is 0 Å². The minimum Gasteiger partial charge on any atom is -0.214 e. The molecule has 0 N–H and O–H groups in total. The summed E-state index contributed by atoms with van der Waals surface area (Å²) in [7, 11) is 12.6. The van der Waals surface area contributed by atoms with Crippen molar-refractivity contribution in [3.8, 4) is 0 Å². The number of hydrogen-bond donors (Lipinski definition) is 0. The van der Waals surface area contributed by atoms with E-state index in [9.17, 15) is 0 Å². The first-order chi connectivity index (χ1) is 19.9. The molecule has 0 saturated carbocycles. The molecule has 0 aliphatic heterocycles. The van der Waals surface area contributed by atoms with Crippen molar-refractivity contribution in [1.82, 2.24) is 0 Å². The van der Waals surface area contributed by atoms with Crippen LogP contribution in [0, 0.1) is 0 Å². The van der Waals surface area contributed by atoms with Crippen LogP contribution in [0.1, 0.15) is 52.7 Å². The van der Waals surface area contributed by atoms with E-state index in [0.29, 0.717) is 0 Å². The van der Waals surface area contributed by atoms with Crippen molar-refractivity contribution in [3.63, 3.8) is 0 Å². The maximum Gasteiger partial charge on any atom is -0.172 e. The maximum absolute atomic E-state index is 6.32. The maximum atomic E-state index is 6.32. The Morgan fingerprint density at radius 3 is 1.26 bits per heavy atom. The van der Waals surface area contributed by atoms with Crippen molar-refractivity contribution in [2.45, 2.75) is 52.4 Å². The van der Waals surface area contributed by atoms with Gasteiger partial charge in [0.15, 0.2) is 0 Å². The molecule has 216 valence electrons. The average Bonchev–Trinajstić information content (AvgIpc) is 3.65. The summed E-state index contributed by atoms with van der Waals surface area (Å²) in [6.45, 7) is 13.7. The van der Waals surface area contributed by atoms with Crippen molar-refractivity contribution in [2.75, 3.05) is 0 Å². The summed E-state index contributed by atoms with van der Waals surface area (Å²) >= 11 is -2.26. The molecule has 0 unspecified atom stereocenters. The molecule has 0 saturated heterocycles. The van der Waals surface area contributed by atoms with Crippen LogP contribution in [0.25, 0.3) is 21.5 Å².